The molecule has 1 heterocycles. The van der Waals surface area contributed by atoms with E-state index in [-0.39, 0.29) is 11.1 Å². The third-order valence-corrected chi connectivity index (χ3v) is 11.7. The van der Waals surface area contributed by atoms with Gasteiger partial charge in [0.25, 0.3) is 0 Å². The van der Waals surface area contributed by atoms with E-state index < -0.39 is 19.8 Å². The SMILES string of the molecule is CC(C)(C)[Si](C)(C)O[C@H]1C[C@@](c2ccc(Cl)c(Cl)c2)([C@@H](O)c2ccccn2)C1. The monoisotopic (exact) mass is 437 g/mol. The molecule has 6 heteroatoms. The summed E-state index contributed by atoms with van der Waals surface area (Å²) < 4.78 is 6.60. The number of halogens is 2. The summed E-state index contributed by atoms with van der Waals surface area (Å²) in [7, 11) is -1.88. The number of rotatable bonds is 5. The average Bonchev–Trinajstić information content (AvgIpc) is 2.59. The smallest absolute Gasteiger partial charge is 0.192 e. The maximum Gasteiger partial charge on any atom is 0.192 e. The molecule has 0 radical (unpaired) electrons. The average molecular weight is 438 g/mol. The predicted octanol–water partition coefficient (Wildman–Crippen LogP) is 6.54. The highest BCUT2D eigenvalue weighted by atomic mass is 35.5. The van der Waals surface area contributed by atoms with E-state index in [4.69, 9.17) is 27.6 Å². The van der Waals surface area contributed by atoms with Crippen molar-refractivity contribution in [2.24, 2.45) is 0 Å². The Balaban J connectivity index is 1.91. The van der Waals surface area contributed by atoms with Crippen molar-refractivity contribution < 1.29 is 9.53 Å². The summed E-state index contributed by atoms with van der Waals surface area (Å²) in [6, 6.07) is 11.3. The Morgan fingerprint density at radius 1 is 1.14 bits per heavy atom. The van der Waals surface area contributed by atoms with E-state index >= 15 is 0 Å². The topological polar surface area (TPSA) is 42.4 Å². The number of hydrogen-bond donors (Lipinski definition) is 1. The molecule has 28 heavy (non-hydrogen) atoms. The van der Waals surface area contributed by atoms with E-state index in [2.05, 4.69) is 38.8 Å². The predicted molar refractivity (Wildman–Crippen MR) is 119 cm³/mol. The van der Waals surface area contributed by atoms with Gasteiger partial charge in [0.05, 0.1) is 15.7 Å². The number of pyridine rings is 1. The van der Waals surface area contributed by atoms with E-state index in [0.717, 1.165) is 18.4 Å². The van der Waals surface area contributed by atoms with Crippen molar-refractivity contribution in [3.05, 3.63) is 63.9 Å². The molecule has 0 bridgehead atoms. The molecular weight excluding hydrogens is 409 g/mol. The standard InChI is InChI=1S/C22H29Cl2NO2Si/c1-21(2,3)28(4,5)27-16-13-22(14-16,15-9-10-17(23)18(24)12-15)20(26)19-8-6-7-11-25-19/h6-12,16,20,26H,13-14H2,1-5H3/t16-,20-,22+/m0/s1. The minimum Gasteiger partial charge on any atom is -0.414 e. The van der Waals surface area contributed by atoms with Gasteiger partial charge >= 0.3 is 0 Å². The summed E-state index contributed by atoms with van der Waals surface area (Å²) in [5, 5.41) is 12.5. The molecule has 0 saturated heterocycles. The van der Waals surface area contributed by atoms with Crippen LogP contribution in [0.4, 0.5) is 0 Å². The van der Waals surface area contributed by atoms with Crippen molar-refractivity contribution in [2.75, 3.05) is 0 Å². The van der Waals surface area contributed by atoms with Gasteiger partial charge in [-0.25, -0.2) is 0 Å². The van der Waals surface area contributed by atoms with Crippen LogP contribution < -0.4 is 0 Å². The molecule has 0 aliphatic heterocycles. The first-order valence-electron chi connectivity index (χ1n) is 9.69. The zero-order chi connectivity index (χ0) is 20.7. The molecular formula is C22H29Cl2NO2Si. The molecule has 0 unspecified atom stereocenters. The fourth-order valence-electron chi connectivity index (χ4n) is 3.67. The highest BCUT2D eigenvalue weighted by molar-refractivity contribution is 6.74. The van der Waals surface area contributed by atoms with E-state index in [0.29, 0.717) is 15.7 Å². The van der Waals surface area contributed by atoms with Crippen molar-refractivity contribution in [1.82, 2.24) is 4.98 Å². The lowest BCUT2D eigenvalue weighted by Gasteiger charge is -2.53. The minimum atomic E-state index is -1.88. The number of hydrogen-bond acceptors (Lipinski definition) is 3. The first-order chi connectivity index (χ1) is 13.0. The molecule has 3 nitrogen and oxygen atoms in total. The molecule has 1 fully saturated rings. The van der Waals surface area contributed by atoms with Crippen LogP contribution >= 0.6 is 23.2 Å². The van der Waals surface area contributed by atoms with Crippen LogP contribution in [0.25, 0.3) is 0 Å². The Labute approximate surface area is 179 Å². The number of nitrogens with zero attached hydrogens (tertiary/aromatic N) is 1. The second-order valence-electron chi connectivity index (χ2n) is 9.35. The lowest BCUT2D eigenvalue weighted by molar-refractivity contribution is -0.0529. The lowest BCUT2D eigenvalue weighted by Crippen LogP contribution is -2.55. The normalized spacial score (nSPS) is 23.9. The van der Waals surface area contributed by atoms with Gasteiger partial charge in [0.15, 0.2) is 8.32 Å². The van der Waals surface area contributed by atoms with Gasteiger partial charge in [0, 0.05) is 17.7 Å². The second-order valence-corrected chi connectivity index (χ2v) is 14.9. The summed E-state index contributed by atoms with van der Waals surface area (Å²) in [5.74, 6) is 0. The van der Waals surface area contributed by atoms with Crippen molar-refractivity contribution >= 4 is 31.5 Å². The van der Waals surface area contributed by atoms with Gasteiger partial charge in [-0.05, 0) is 60.8 Å². The summed E-state index contributed by atoms with van der Waals surface area (Å²) >= 11 is 12.4. The van der Waals surface area contributed by atoms with E-state index in [1.165, 1.54) is 0 Å². The fraction of sp³-hybridized carbons (Fsp3) is 0.500. The van der Waals surface area contributed by atoms with E-state index in [1.54, 1.807) is 12.3 Å². The van der Waals surface area contributed by atoms with Crippen LogP contribution in [-0.2, 0) is 9.84 Å². The van der Waals surface area contributed by atoms with Gasteiger partial charge in [-0.1, -0.05) is 56.1 Å². The number of aromatic nitrogens is 1. The summed E-state index contributed by atoms with van der Waals surface area (Å²) in [5.41, 5.74) is 1.17. The van der Waals surface area contributed by atoms with Crippen LogP contribution in [0, 0.1) is 0 Å². The molecule has 3 rings (SSSR count). The van der Waals surface area contributed by atoms with Gasteiger partial charge in [0.1, 0.15) is 6.10 Å². The third kappa shape index (κ3) is 4.03. The summed E-state index contributed by atoms with van der Waals surface area (Å²) in [6.07, 6.45) is 2.56. The van der Waals surface area contributed by atoms with Crippen LogP contribution in [-0.4, -0.2) is 24.5 Å². The second kappa shape index (κ2) is 7.73. The van der Waals surface area contributed by atoms with Gasteiger partial charge in [-0.15, -0.1) is 0 Å². The van der Waals surface area contributed by atoms with E-state index in [1.807, 2.05) is 30.3 Å². The van der Waals surface area contributed by atoms with Crippen molar-refractivity contribution in [2.45, 2.75) is 69.4 Å². The van der Waals surface area contributed by atoms with Crippen LogP contribution in [0.2, 0.25) is 28.2 Å². The fourth-order valence-corrected chi connectivity index (χ4v) is 5.32. The van der Waals surface area contributed by atoms with Crippen molar-refractivity contribution in [3.63, 3.8) is 0 Å². The zero-order valence-electron chi connectivity index (χ0n) is 17.2. The number of aliphatic hydroxyl groups is 1. The largest absolute Gasteiger partial charge is 0.414 e. The highest BCUT2D eigenvalue weighted by Gasteiger charge is 2.54. The summed E-state index contributed by atoms with van der Waals surface area (Å²) in [4.78, 5) is 4.39. The summed E-state index contributed by atoms with van der Waals surface area (Å²) in [6.45, 7) is 11.3. The van der Waals surface area contributed by atoms with Gasteiger partial charge in [0.2, 0.25) is 0 Å². The number of benzene rings is 1. The first-order valence-corrected chi connectivity index (χ1v) is 13.3. The van der Waals surface area contributed by atoms with Crippen LogP contribution in [0.1, 0.15) is 51.0 Å². The molecule has 1 aliphatic rings. The van der Waals surface area contributed by atoms with Crippen LogP contribution in [0.3, 0.4) is 0 Å². The minimum absolute atomic E-state index is 0.119. The maximum absolute atomic E-state index is 11.3. The quantitative estimate of drug-likeness (QED) is 0.539. The molecule has 152 valence electrons. The Hall–Kier alpha value is -0.913. The molecule has 1 aromatic carbocycles. The molecule has 1 aliphatic carbocycles. The Morgan fingerprint density at radius 3 is 2.36 bits per heavy atom. The van der Waals surface area contributed by atoms with Crippen LogP contribution in [0.5, 0.6) is 0 Å². The molecule has 1 atom stereocenters. The van der Waals surface area contributed by atoms with Crippen LogP contribution in [0.15, 0.2) is 42.6 Å². The Morgan fingerprint density at radius 2 is 1.82 bits per heavy atom. The first kappa shape index (κ1) is 21.8. The van der Waals surface area contributed by atoms with Gasteiger partial charge in [-0.2, -0.15) is 0 Å². The van der Waals surface area contributed by atoms with Crippen molar-refractivity contribution in [3.8, 4) is 0 Å². The molecule has 0 spiro atoms. The number of aliphatic hydroxyl groups excluding tert-OH is 1. The molecule has 1 saturated carbocycles. The Bertz CT molecular complexity index is 830. The molecule has 1 N–H and O–H groups in total. The van der Waals surface area contributed by atoms with Gasteiger partial charge in [-0.3, -0.25) is 4.98 Å². The molecule has 1 aromatic heterocycles. The van der Waals surface area contributed by atoms with Gasteiger partial charge < -0.3 is 9.53 Å². The molecule has 2 aromatic rings. The lowest BCUT2D eigenvalue weighted by atomic mass is 9.59. The third-order valence-electron chi connectivity index (χ3n) is 6.44. The zero-order valence-corrected chi connectivity index (χ0v) is 19.7. The molecule has 0 amide bonds. The van der Waals surface area contributed by atoms with Crippen molar-refractivity contribution in [1.29, 1.82) is 0 Å². The maximum atomic E-state index is 11.3. The Kier molecular flexibility index (Phi) is 6.01. The van der Waals surface area contributed by atoms with E-state index in [9.17, 15) is 5.11 Å². The highest BCUT2D eigenvalue weighted by Crippen LogP contribution is 2.55.